The Morgan fingerprint density at radius 2 is 2.37 bits per heavy atom. The van der Waals surface area contributed by atoms with Crippen LogP contribution in [0.15, 0.2) is 16.5 Å². The molecule has 0 spiro atoms. The molecule has 1 aromatic rings. The third kappa shape index (κ3) is 3.81. The molecule has 1 saturated carbocycles. The normalized spacial score (nSPS) is 23.3. The van der Waals surface area contributed by atoms with Crippen LogP contribution in [-0.2, 0) is 11.3 Å². The van der Waals surface area contributed by atoms with Gasteiger partial charge in [-0.2, -0.15) is 0 Å². The molecule has 1 heterocycles. The molecule has 2 unspecified atom stereocenters. The van der Waals surface area contributed by atoms with E-state index in [4.69, 9.17) is 15.0 Å². The molecular weight excluding hydrogens is 244 g/mol. The van der Waals surface area contributed by atoms with Gasteiger partial charge in [-0.1, -0.05) is 26.2 Å². The minimum Gasteiger partial charge on any atom is -0.453 e. The van der Waals surface area contributed by atoms with E-state index in [0.717, 1.165) is 18.8 Å². The zero-order valence-corrected chi connectivity index (χ0v) is 11.4. The quantitative estimate of drug-likeness (QED) is 0.487. The van der Waals surface area contributed by atoms with Crippen LogP contribution in [0.3, 0.4) is 0 Å². The van der Waals surface area contributed by atoms with Crippen molar-refractivity contribution < 1.29 is 13.9 Å². The van der Waals surface area contributed by atoms with Crippen molar-refractivity contribution in [1.29, 1.82) is 0 Å². The minimum absolute atomic E-state index is 0.219. The van der Waals surface area contributed by atoms with Crippen molar-refractivity contribution in [1.82, 2.24) is 5.43 Å². The largest absolute Gasteiger partial charge is 0.453 e. The van der Waals surface area contributed by atoms with E-state index in [-0.39, 0.29) is 5.76 Å². The van der Waals surface area contributed by atoms with E-state index in [1.54, 1.807) is 12.1 Å². The van der Waals surface area contributed by atoms with Gasteiger partial charge in [-0.15, -0.1) is 0 Å². The summed E-state index contributed by atoms with van der Waals surface area (Å²) < 4.78 is 11.2. The van der Waals surface area contributed by atoms with Crippen LogP contribution in [0.4, 0.5) is 0 Å². The Morgan fingerprint density at radius 1 is 1.53 bits per heavy atom. The van der Waals surface area contributed by atoms with Crippen LogP contribution >= 0.6 is 0 Å². The molecule has 0 saturated heterocycles. The number of nitrogen functional groups attached to an aromatic ring is 1. The molecule has 2 atom stereocenters. The molecule has 2 rings (SSSR count). The SMILES string of the molecule is CCC1CCCC(OCc2ccc(C(=O)NN)o2)C1. The summed E-state index contributed by atoms with van der Waals surface area (Å²) >= 11 is 0. The van der Waals surface area contributed by atoms with Gasteiger partial charge in [0.1, 0.15) is 12.4 Å². The predicted molar refractivity (Wildman–Crippen MR) is 71.2 cm³/mol. The van der Waals surface area contributed by atoms with Crippen molar-refractivity contribution in [2.24, 2.45) is 11.8 Å². The standard InChI is InChI=1S/C14H22N2O3/c1-2-10-4-3-5-11(8-10)18-9-12-6-7-13(19-12)14(17)16-15/h6-7,10-11H,2-5,8-9,15H2,1H3,(H,16,17). The molecule has 1 aliphatic carbocycles. The summed E-state index contributed by atoms with van der Waals surface area (Å²) in [6.45, 7) is 2.65. The van der Waals surface area contributed by atoms with Crippen LogP contribution in [0.25, 0.3) is 0 Å². The van der Waals surface area contributed by atoms with E-state index >= 15 is 0 Å². The lowest BCUT2D eigenvalue weighted by molar-refractivity contribution is -0.00557. The highest BCUT2D eigenvalue weighted by Crippen LogP contribution is 2.29. The Morgan fingerprint density at radius 3 is 3.11 bits per heavy atom. The Hall–Kier alpha value is -1.33. The fraction of sp³-hybridized carbons (Fsp3) is 0.643. The van der Waals surface area contributed by atoms with Gasteiger partial charge in [-0.05, 0) is 30.9 Å². The number of nitrogens with one attached hydrogen (secondary N) is 1. The third-order valence-corrected chi connectivity index (χ3v) is 3.79. The minimum atomic E-state index is -0.421. The maximum atomic E-state index is 11.2. The Kier molecular flexibility index (Phi) is 4.99. The second kappa shape index (κ2) is 6.73. The van der Waals surface area contributed by atoms with Crippen LogP contribution in [0.2, 0.25) is 0 Å². The second-order valence-electron chi connectivity index (χ2n) is 5.11. The molecule has 0 aliphatic heterocycles. The molecule has 1 fully saturated rings. The lowest BCUT2D eigenvalue weighted by Gasteiger charge is -2.28. The summed E-state index contributed by atoms with van der Waals surface area (Å²) in [5.74, 6) is 6.29. The highest BCUT2D eigenvalue weighted by molar-refractivity contribution is 5.90. The fourth-order valence-corrected chi connectivity index (χ4v) is 2.61. The molecule has 19 heavy (non-hydrogen) atoms. The van der Waals surface area contributed by atoms with Gasteiger partial charge in [-0.3, -0.25) is 10.2 Å². The third-order valence-electron chi connectivity index (χ3n) is 3.79. The Bertz CT molecular complexity index is 417. The highest BCUT2D eigenvalue weighted by Gasteiger charge is 2.21. The molecule has 5 nitrogen and oxygen atoms in total. The predicted octanol–water partition coefficient (Wildman–Crippen LogP) is 2.37. The van der Waals surface area contributed by atoms with Gasteiger partial charge in [-0.25, -0.2) is 5.84 Å². The van der Waals surface area contributed by atoms with Gasteiger partial charge >= 0.3 is 5.91 Å². The van der Waals surface area contributed by atoms with Gasteiger partial charge in [0.05, 0.1) is 6.10 Å². The van der Waals surface area contributed by atoms with Crippen LogP contribution in [0.1, 0.15) is 55.3 Å². The first-order valence-corrected chi connectivity index (χ1v) is 6.94. The molecule has 1 aliphatic rings. The summed E-state index contributed by atoms with van der Waals surface area (Å²) in [5, 5.41) is 0. The number of nitrogens with two attached hydrogens (primary N) is 1. The number of amides is 1. The molecule has 0 aromatic carbocycles. The van der Waals surface area contributed by atoms with Gasteiger partial charge in [0.15, 0.2) is 5.76 Å². The van der Waals surface area contributed by atoms with E-state index in [9.17, 15) is 4.79 Å². The number of hydrogen-bond acceptors (Lipinski definition) is 4. The topological polar surface area (TPSA) is 77.5 Å². The maximum absolute atomic E-state index is 11.2. The van der Waals surface area contributed by atoms with E-state index in [0.29, 0.717) is 18.5 Å². The van der Waals surface area contributed by atoms with Crippen molar-refractivity contribution >= 4 is 5.91 Å². The molecule has 5 heteroatoms. The molecule has 106 valence electrons. The van der Waals surface area contributed by atoms with Crippen molar-refractivity contribution in [3.8, 4) is 0 Å². The molecule has 0 bridgehead atoms. The maximum Gasteiger partial charge on any atom is 0.300 e. The molecular formula is C14H22N2O3. The van der Waals surface area contributed by atoms with Crippen LogP contribution < -0.4 is 11.3 Å². The summed E-state index contributed by atoms with van der Waals surface area (Å²) in [7, 11) is 0. The number of hydrazine groups is 1. The average molecular weight is 266 g/mol. The van der Waals surface area contributed by atoms with Crippen molar-refractivity contribution in [2.45, 2.75) is 51.7 Å². The highest BCUT2D eigenvalue weighted by atomic mass is 16.5. The van der Waals surface area contributed by atoms with E-state index in [2.05, 4.69) is 6.92 Å². The summed E-state index contributed by atoms with van der Waals surface area (Å²) in [6, 6.07) is 3.36. The summed E-state index contributed by atoms with van der Waals surface area (Å²) in [4.78, 5) is 11.2. The monoisotopic (exact) mass is 266 g/mol. The molecule has 0 radical (unpaired) electrons. The molecule has 3 N–H and O–H groups in total. The second-order valence-corrected chi connectivity index (χ2v) is 5.11. The van der Waals surface area contributed by atoms with Gasteiger partial charge in [0, 0.05) is 0 Å². The van der Waals surface area contributed by atoms with Crippen molar-refractivity contribution in [2.75, 3.05) is 0 Å². The van der Waals surface area contributed by atoms with Crippen molar-refractivity contribution in [3.05, 3.63) is 23.7 Å². The fourth-order valence-electron chi connectivity index (χ4n) is 2.61. The number of carbonyl (C=O) groups excluding carboxylic acids is 1. The summed E-state index contributed by atoms with van der Waals surface area (Å²) in [5.41, 5.74) is 2.04. The van der Waals surface area contributed by atoms with Crippen molar-refractivity contribution in [3.63, 3.8) is 0 Å². The van der Waals surface area contributed by atoms with Crippen LogP contribution in [0, 0.1) is 5.92 Å². The molecule has 1 amide bonds. The first-order chi connectivity index (χ1) is 9.22. The van der Waals surface area contributed by atoms with Crippen LogP contribution in [-0.4, -0.2) is 12.0 Å². The Labute approximate surface area is 113 Å². The molecule has 1 aromatic heterocycles. The lowest BCUT2D eigenvalue weighted by atomic mass is 9.85. The van der Waals surface area contributed by atoms with Gasteiger partial charge in [0.25, 0.3) is 0 Å². The first-order valence-electron chi connectivity index (χ1n) is 6.94. The van der Waals surface area contributed by atoms with E-state index in [1.165, 1.54) is 19.3 Å². The van der Waals surface area contributed by atoms with Gasteiger partial charge < -0.3 is 9.15 Å². The van der Waals surface area contributed by atoms with E-state index < -0.39 is 5.91 Å². The number of carbonyl (C=O) groups is 1. The van der Waals surface area contributed by atoms with E-state index in [1.807, 2.05) is 5.43 Å². The first kappa shape index (κ1) is 14.1. The smallest absolute Gasteiger partial charge is 0.300 e. The average Bonchev–Trinajstić information content (AvgIpc) is 2.93. The summed E-state index contributed by atoms with van der Waals surface area (Å²) in [6.07, 6.45) is 6.35. The number of hydrogen-bond donors (Lipinski definition) is 2. The lowest BCUT2D eigenvalue weighted by Crippen LogP contribution is -2.29. The Balaban J connectivity index is 1.81. The zero-order chi connectivity index (χ0) is 13.7. The van der Waals surface area contributed by atoms with Gasteiger partial charge in [0.2, 0.25) is 0 Å². The number of ether oxygens (including phenoxy) is 1. The van der Waals surface area contributed by atoms with Crippen LogP contribution in [0.5, 0.6) is 0 Å². The number of furan rings is 1. The number of rotatable bonds is 5. The zero-order valence-electron chi connectivity index (χ0n) is 11.4.